The molecular formula is C83H88O5. The van der Waals surface area contributed by atoms with E-state index >= 15 is 0 Å². The summed E-state index contributed by atoms with van der Waals surface area (Å²) in [4.78, 5) is 0. The molecule has 0 bridgehead atoms. The summed E-state index contributed by atoms with van der Waals surface area (Å²) in [5.74, 6) is -1.58. The average molecular weight is 1170 g/mol. The van der Waals surface area contributed by atoms with Gasteiger partial charge in [-0.3, -0.25) is 0 Å². The van der Waals surface area contributed by atoms with Crippen LogP contribution in [-0.2, 0) is 27.1 Å². The molecule has 88 heavy (non-hydrogen) atoms. The van der Waals surface area contributed by atoms with Crippen LogP contribution in [0.1, 0.15) is 221 Å². The first-order valence-corrected chi connectivity index (χ1v) is 31.2. The Bertz CT molecular complexity index is 3860. The van der Waals surface area contributed by atoms with Gasteiger partial charge in [0.25, 0.3) is 0 Å². The quantitative estimate of drug-likeness (QED) is 0.0589. The second kappa shape index (κ2) is 24.1. The van der Waals surface area contributed by atoms with Crippen LogP contribution in [0.3, 0.4) is 0 Å². The van der Waals surface area contributed by atoms with Gasteiger partial charge in [0.2, 0.25) is 0 Å². The lowest BCUT2D eigenvalue weighted by molar-refractivity contribution is 0.440. The van der Waals surface area contributed by atoms with Crippen molar-refractivity contribution in [3.8, 4) is 28.7 Å². The van der Waals surface area contributed by atoms with Crippen LogP contribution < -0.4 is 0 Å². The molecule has 5 heteroatoms. The van der Waals surface area contributed by atoms with Crippen LogP contribution in [-0.4, -0.2) is 25.5 Å². The van der Waals surface area contributed by atoms with Crippen LogP contribution in [0.2, 0.25) is 0 Å². The number of hydrogen-bond acceptors (Lipinski definition) is 5. The number of phenols is 5. The molecule has 4 unspecified atom stereocenters. The fraction of sp³-hybridized carbons (Fsp3) is 0.277. The molecule has 0 aliphatic heterocycles. The molecule has 0 spiro atoms. The zero-order valence-electron chi connectivity index (χ0n) is 53.9. The van der Waals surface area contributed by atoms with Gasteiger partial charge in [-0.05, 0) is 67.8 Å². The molecule has 4 atom stereocenters. The third kappa shape index (κ3) is 11.5. The molecule has 0 amide bonds. The highest BCUT2D eigenvalue weighted by atomic mass is 16.3. The van der Waals surface area contributed by atoms with E-state index in [1.807, 2.05) is 42.5 Å². The van der Waals surface area contributed by atoms with Crippen molar-refractivity contribution >= 4 is 0 Å². The molecule has 10 aromatic rings. The van der Waals surface area contributed by atoms with Crippen LogP contribution in [0.5, 0.6) is 28.7 Å². The molecule has 0 heterocycles. The van der Waals surface area contributed by atoms with Gasteiger partial charge in [-0.2, -0.15) is 0 Å². The number of hydrogen-bond donors (Lipinski definition) is 5. The average Bonchev–Trinajstić information content (AvgIpc) is 1.03. The summed E-state index contributed by atoms with van der Waals surface area (Å²) in [7, 11) is 0. The van der Waals surface area contributed by atoms with Gasteiger partial charge in [0.05, 0.1) is 0 Å². The standard InChI is InChI=1S/C83H88O5/c1-52(66-44-61(40-42-74(66)84)79(5,6)56-30-20-15-21-31-56)68-46-63(81(9,10)58-34-24-17-25-35-58)48-70(76(68)86)54(3)72-50-65(83(13,14)60-38-28-19-29-39-60)51-73(78(72)88)55(4)71-49-64(82(11,12)59-36-26-18-27-37-59)47-69(77(71)87)53(2)67-45-62(41-43-75(67)85)80(7,8)57-32-22-16-23-33-57/h15-55,84-88H,1-14H3. The molecule has 0 saturated heterocycles. The lowest BCUT2D eigenvalue weighted by atomic mass is 9.72. The zero-order chi connectivity index (χ0) is 63.3. The van der Waals surface area contributed by atoms with Crippen LogP contribution in [0, 0.1) is 0 Å². The van der Waals surface area contributed by atoms with Gasteiger partial charge in [0, 0.05) is 95.3 Å². The predicted octanol–water partition coefficient (Wildman–Crippen LogP) is 20.5. The molecule has 0 radical (unpaired) electrons. The van der Waals surface area contributed by atoms with E-state index in [0.717, 1.165) is 55.6 Å². The molecule has 0 saturated carbocycles. The topological polar surface area (TPSA) is 101 Å². The lowest BCUT2D eigenvalue weighted by Gasteiger charge is -2.33. The van der Waals surface area contributed by atoms with Gasteiger partial charge >= 0.3 is 0 Å². The van der Waals surface area contributed by atoms with Gasteiger partial charge in [0.15, 0.2) is 0 Å². The lowest BCUT2D eigenvalue weighted by Crippen LogP contribution is -2.22. The maximum absolute atomic E-state index is 13.5. The first-order valence-electron chi connectivity index (χ1n) is 31.2. The van der Waals surface area contributed by atoms with Crippen molar-refractivity contribution in [2.45, 2.75) is 148 Å². The summed E-state index contributed by atoms with van der Waals surface area (Å²) in [6, 6.07) is 76.3. The Hall–Kier alpha value is -8.80. The molecule has 0 aromatic heterocycles. The summed E-state index contributed by atoms with van der Waals surface area (Å²) in [5.41, 5.74) is 13.3. The third-order valence-corrected chi connectivity index (χ3v) is 20.4. The van der Waals surface area contributed by atoms with Gasteiger partial charge in [-0.1, -0.05) is 309 Å². The maximum Gasteiger partial charge on any atom is 0.123 e. The van der Waals surface area contributed by atoms with Crippen molar-refractivity contribution in [1.29, 1.82) is 0 Å². The fourth-order valence-corrected chi connectivity index (χ4v) is 13.5. The molecule has 5 nitrogen and oxygen atoms in total. The minimum atomic E-state index is -0.588. The second-order valence-corrected chi connectivity index (χ2v) is 27.4. The SMILES string of the molecule is CC(c1cc(C(C)(C)c2ccccc2)ccc1O)c1cc(C(C)(C)c2ccccc2)cc(C(C)c2cc(C(C)(C)c3ccccc3)cc(C(C)c3cc(C(C)(C)c4ccccc4)cc(C(C)c4cc(C(C)(C)c5ccccc5)ccc4O)c3O)c2O)c1O. The highest BCUT2D eigenvalue weighted by Crippen LogP contribution is 2.52. The highest BCUT2D eigenvalue weighted by Gasteiger charge is 2.36. The minimum Gasteiger partial charge on any atom is -0.508 e. The first kappa shape index (κ1) is 62.3. The van der Waals surface area contributed by atoms with E-state index in [9.17, 15) is 25.5 Å². The van der Waals surface area contributed by atoms with Crippen LogP contribution in [0.4, 0.5) is 0 Å². The Morgan fingerprint density at radius 2 is 0.375 bits per heavy atom. The molecule has 10 rings (SSSR count). The van der Waals surface area contributed by atoms with E-state index in [2.05, 4.69) is 267 Å². The van der Waals surface area contributed by atoms with E-state index in [0.29, 0.717) is 44.5 Å². The summed E-state index contributed by atoms with van der Waals surface area (Å²) >= 11 is 0. The van der Waals surface area contributed by atoms with E-state index in [1.54, 1.807) is 12.1 Å². The molecule has 5 N–H and O–H groups in total. The van der Waals surface area contributed by atoms with E-state index in [4.69, 9.17) is 0 Å². The normalized spacial score (nSPS) is 13.8. The molecule has 10 aromatic carbocycles. The number of phenolic OH excluding ortho intramolecular Hbond substituents is 5. The Morgan fingerprint density at radius 3 is 0.580 bits per heavy atom. The van der Waals surface area contributed by atoms with Crippen LogP contribution in [0.25, 0.3) is 0 Å². The maximum atomic E-state index is 13.5. The van der Waals surface area contributed by atoms with Crippen molar-refractivity contribution in [1.82, 2.24) is 0 Å². The van der Waals surface area contributed by atoms with Crippen molar-refractivity contribution in [3.63, 3.8) is 0 Å². The smallest absolute Gasteiger partial charge is 0.123 e. The Morgan fingerprint density at radius 1 is 0.205 bits per heavy atom. The van der Waals surface area contributed by atoms with E-state index in [-0.39, 0.29) is 28.7 Å². The molecule has 450 valence electrons. The molecule has 0 aliphatic carbocycles. The van der Waals surface area contributed by atoms with Gasteiger partial charge in [0.1, 0.15) is 28.7 Å². The van der Waals surface area contributed by atoms with Crippen molar-refractivity contribution in [2.75, 3.05) is 0 Å². The van der Waals surface area contributed by atoms with E-state index < -0.39 is 50.7 Å². The van der Waals surface area contributed by atoms with Crippen LogP contribution >= 0.6 is 0 Å². The molecule has 0 aliphatic rings. The molecule has 0 fully saturated rings. The zero-order valence-corrected chi connectivity index (χ0v) is 53.9. The highest BCUT2D eigenvalue weighted by molar-refractivity contribution is 5.63. The Labute approximate surface area is 523 Å². The predicted molar refractivity (Wildman–Crippen MR) is 363 cm³/mol. The fourth-order valence-electron chi connectivity index (χ4n) is 13.5. The van der Waals surface area contributed by atoms with Crippen molar-refractivity contribution in [3.05, 3.63) is 325 Å². The number of rotatable bonds is 18. The second-order valence-electron chi connectivity index (χ2n) is 27.4. The van der Waals surface area contributed by atoms with Gasteiger partial charge < -0.3 is 25.5 Å². The Balaban J connectivity index is 1.18. The number of benzene rings is 10. The summed E-state index contributed by atoms with van der Waals surface area (Å²) < 4.78 is 0. The summed E-state index contributed by atoms with van der Waals surface area (Å²) in [5, 5.41) is 63.6. The first-order chi connectivity index (χ1) is 41.7. The van der Waals surface area contributed by atoms with Crippen LogP contribution in [0.15, 0.2) is 224 Å². The third-order valence-electron chi connectivity index (χ3n) is 20.4. The largest absolute Gasteiger partial charge is 0.508 e. The Kier molecular flexibility index (Phi) is 17.0. The van der Waals surface area contributed by atoms with Gasteiger partial charge in [-0.25, -0.2) is 0 Å². The van der Waals surface area contributed by atoms with Crippen molar-refractivity contribution in [2.24, 2.45) is 0 Å². The molecular weight excluding hydrogens is 1080 g/mol. The van der Waals surface area contributed by atoms with Gasteiger partial charge in [-0.15, -0.1) is 0 Å². The van der Waals surface area contributed by atoms with E-state index in [1.165, 1.54) is 0 Å². The number of aromatic hydroxyl groups is 5. The minimum absolute atomic E-state index is 0.0676. The van der Waals surface area contributed by atoms with Crippen molar-refractivity contribution < 1.29 is 25.5 Å². The monoisotopic (exact) mass is 1160 g/mol. The summed E-state index contributed by atoms with van der Waals surface area (Å²) in [6.45, 7) is 30.2. The summed E-state index contributed by atoms with van der Waals surface area (Å²) in [6.07, 6.45) is 0.